The fourth-order valence-corrected chi connectivity index (χ4v) is 2.59. The van der Waals surface area contributed by atoms with Gasteiger partial charge in [-0.25, -0.2) is 0 Å². The van der Waals surface area contributed by atoms with E-state index in [4.69, 9.17) is 0 Å². The van der Waals surface area contributed by atoms with Crippen LogP contribution in [-0.2, 0) is 0 Å². The van der Waals surface area contributed by atoms with E-state index in [1.807, 2.05) is 6.08 Å². The Labute approximate surface area is 151 Å². The summed E-state index contributed by atoms with van der Waals surface area (Å²) in [6, 6.07) is 10.6. The predicted molar refractivity (Wildman–Crippen MR) is 106 cm³/mol. The second kappa shape index (κ2) is 10.5. The Kier molecular flexibility index (Phi) is 8.96. The molecule has 0 radical (unpaired) electrons. The number of rotatable bonds is 6. The number of para-hydroxylation sites is 1. The molecule has 1 atom stereocenters. The highest BCUT2D eigenvalue weighted by Crippen LogP contribution is 2.23. The first-order chi connectivity index (χ1) is 10.3. The Morgan fingerprint density at radius 2 is 2.14 bits per heavy atom. The maximum atomic E-state index is 4.68. The Morgan fingerprint density at radius 3 is 2.82 bits per heavy atom. The second-order valence-electron chi connectivity index (χ2n) is 5.33. The molecule has 122 valence electrons. The normalized spacial score (nSPS) is 17.8. The number of anilines is 1. The van der Waals surface area contributed by atoms with Crippen molar-refractivity contribution in [1.82, 2.24) is 10.6 Å². The number of hydrogen-bond donors (Lipinski definition) is 2. The van der Waals surface area contributed by atoms with Crippen LogP contribution in [0.2, 0.25) is 0 Å². The van der Waals surface area contributed by atoms with Crippen LogP contribution in [-0.4, -0.2) is 38.7 Å². The quantitative estimate of drug-likeness (QED) is 0.326. The Hall–Kier alpha value is -1.24. The number of nitrogens with one attached hydrogen (secondary N) is 2. The van der Waals surface area contributed by atoms with Crippen LogP contribution in [0.5, 0.6) is 0 Å². The molecule has 1 aliphatic rings. The number of nitrogens with zero attached hydrogens (tertiary/aromatic N) is 2. The molecular formula is C17H27IN4. The van der Waals surface area contributed by atoms with E-state index in [2.05, 4.69) is 64.4 Å². The number of aliphatic imine (C=N–C) groups is 1. The highest BCUT2D eigenvalue weighted by atomic mass is 127. The van der Waals surface area contributed by atoms with Crippen molar-refractivity contribution in [2.24, 2.45) is 10.9 Å². The maximum Gasteiger partial charge on any atom is 0.191 e. The second-order valence-corrected chi connectivity index (χ2v) is 5.33. The molecule has 1 unspecified atom stereocenters. The average molecular weight is 414 g/mol. The van der Waals surface area contributed by atoms with Crippen molar-refractivity contribution >= 4 is 35.6 Å². The van der Waals surface area contributed by atoms with Crippen molar-refractivity contribution in [3.05, 3.63) is 43.0 Å². The summed E-state index contributed by atoms with van der Waals surface area (Å²) >= 11 is 0. The van der Waals surface area contributed by atoms with Crippen LogP contribution < -0.4 is 15.5 Å². The molecule has 0 aromatic heterocycles. The van der Waals surface area contributed by atoms with Gasteiger partial charge in [0.15, 0.2) is 5.96 Å². The number of benzene rings is 1. The molecule has 0 spiro atoms. The minimum atomic E-state index is 0. The molecule has 0 aliphatic carbocycles. The molecule has 22 heavy (non-hydrogen) atoms. The van der Waals surface area contributed by atoms with Gasteiger partial charge >= 0.3 is 0 Å². The molecule has 1 saturated heterocycles. The van der Waals surface area contributed by atoms with E-state index < -0.39 is 0 Å². The van der Waals surface area contributed by atoms with Crippen molar-refractivity contribution in [3.8, 4) is 0 Å². The van der Waals surface area contributed by atoms with Crippen LogP contribution >= 0.6 is 24.0 Å². The van der Waals surface area contributed by atoms with Gasteiger partial charge in [-0.05, 0) is 31.4 Å². The molecule has 1 aromatic carbocycles. The Bertz CT molecular complexity index is 461. The Balaban J connectivity index is 0.00000242. The SMILES string of the molecule is C=CCNC(=NCC1CCN(c2ccccc2)C1)NCC.I. The molecular weight excluding hydrogens is 387 g/mol. The van der Waals surface area contributed by atoms with Gasteiger partial charge < -0.3 is 15.5 Å². The maximum absolute atomic E-state index is 4.68. The summed E-state index contributed by atoms with van der Waals surface area (Å²) in [5, 5.41) is 6.51. The van der Waals surface area contributed by atoms with Crippen LogP contribution in [0.15, 0.2) is 48.0 Å². The van der Waals surface area contributed by atoms with Gasteiger partial charge in [-0.1, -0.05) is 24.3 Å². The first-order valence-electron chi connectivity index (χ1n) is 7.76. The predicted octanol–water partition coefficient (Wildman–Crippen LogP) is 2.87. The summed E-state index contributed by atoms with van der Waals surface area (Å²) in [4.78, 5) is 7.13. The molecule has 5 heteroatoms. The first-order valence-corrected chi connectivity index (χ1v) is 7.76. The van der Waals surface area contributed by atoms with Crippen molar-refractivity contribution in [3.63, 3.8) is 0 Å². The third-order valence-corrected chi connectivity index (χ3v) is 3.67. The number of halogens is 1. The van der Waals surface area contributed by atoms with Gasteiger partial charge in [-0.3, -0.25) is 4.99 Å². The van der Waals surface area contributed by atoms with Crippen LogP contribution in [0.25, 0.3) is 0 Å². The molecule has 1 heterocycles. The molecule has 1 aliphatic heterocycles. The molecule has 2 N–H and O–H groups in total. The van der Waals surface area contributed by atoms with Gasteiger partial charge in [0.05, 0.1) is 0 Å². The van der Waals surface area contributed by atoms with Crippen molar-refractivity contribution in [1.29, 1.82) is 0 Å². The number of hydrogen-bond acceptors (Lipinski definition) is 2. The minimum absolute atomic E-state index is 0. The molecule has 0 amide bonds. The average Bonchev–Trinajstić information content (AvgIpc) is 3.00. The summed E-state index contributed by atoms with van der Waals surface area (Å²) in [5.41, 5.74) is 1.32. The van der Waals surface area contributed by atoms with E-state index in [9.17, 15) is 0 Å². The lowest BCUT2D eigenvalue weighted by Crippen LogP contribution is -2.37. The zero-order chi connectivity index (χ0) is 14.9. The third-order valence-electron chi connectivity index (χ3n) is 3.67. The van der Waals surface area contributed by atoms with Gasteiger partial charge in [-0.2, -0.15) is 0 Å². The van der Waals surface area contributed by atoms with Gasteiger partial charge in [0.25, 0.3) is 0 Å². The van der Waals surface area contributed by atoms with E-state index in [1.165, 1.54) is 12.1 Å². The van der Waals surface area contributed by atoms with Gasteiger partial charge in [0, 0.05) is 38.4 Å². The topological polar surface area (TPSA) is 39.7 Å². The summed E-state index contributed by atoms with van der Waals surface area (Å²) in [7, 11) is 0. The molecule has 2 rings (SSSR count). The van der Waals surface area contributed by atoms with Crippen LogP contribution in [0, 0.1) is 5.92 Å². The fourth-order valence-electron chi connectivity index (χ4n) is 2.59. The summed E-state index contributed by atoms with van der Waals surface area (Å²) in [5.74, 6) is 1.51. The minimum Gasteiger partial charge on any atom is -0.371 e. The largest absolute Gasteiger partial charge is 0.371 e. The van der Waals surface area contributed by atoms with E-state index >= 15 is 0 Å². The standard InChI is InChI=1S/C17H26N4.HI/c1-3-11-19-17(18-4-2)20-13-15-10-12-21(14-15)16-8-6-5-7-9-16;/h3,5-9,15H,1,4,10-14H2,2H3,(H2,18,19,20);1H. The smallest absolute Gasteiger partial charge is 0.191 e. The zero-order valence-electron chi connectivity index (χ0n) is 13.3. The van der Waals surface area contributed by atoms with E-state index in [1.54, 1.807) is 0 Å². The van der Waals surface area contributed by atoms with E-state index in [0.717, 1.165) is 38.7 Å². The molecule has 0 saturated carbocycles. The molecule has 1 fully saturated rings. The monoisotopic (exact) mass is 414 g/mol. The highest BCUT2D eigenvalue weighted by molar-refractivity contribution is 14.0. The summed E-state index contributed by atoms with van der Waals surface area (Å²) < 4.78 is 0. The number of guanidine groups is 1. The van der Waals surface area contributed by atoms with Crippen molar-refractivity contribution < 1.29 is 0 Å². The molecule has 4 nitrogen and oxygen atoms in total. The first kappa shape index (κ1) is 18.8. The van der Waals surface area contributed by atoms with Gasteiger partial charge in [-0.15, -0.1) is 30.6 Å². The van der Waals surface area contributed by atoms with Crippen molar-refractivity contribution in [2.75, 3.05) is 37.6 Å². The van der Waals surface area contributed by atoms with Crippen LogP contribution in [0.3, 0.4) is 0 Å². The van der Waals surface area contributed by atoms with Gasteiger partial charge in [0.2, 0.25) is 0 Å². The lowest BCUT2D eigenvalue weighted by atomic mass is 10.1. The lowest BCUT2D eigenvalue weighted by Gasteiger charge is -2.18. The van der Waals surface area contributed by atoms with Gasteiger partial charge in [0.1, 0.15) is 0 Å². The van der Waals surface area contributed by atoms with Crippen molar-refractivity contribution in [2.45, 2.75) is 13.3 Å². The molecule has 0 bridgehead atoms. The molecule has 1 aromatic rings. The Morgan fingerprint density at radius 1 is 1.36 bits per heavy atom. The third kappa shape index (κ3) is 5.87. The van der Waals surface area contributed by atoms with Crippen LogP contribution in [0.4, 0.5) is 5.69 Å². The van der Waals surface area contributed by atoms with E-state index in [-0.39, 0.29) is 24.0 Å². The highest BCUT2D eigenvalue weighted by Gasteiger charge is 2.22. The fraction of sp³-hybridized carbons (Fsp3) is 0.471. The summed E-state index contributed by atoms with van der Waals surface area (Å²) in [6.45, 7) is 10.5. The zero-order valence-corrected chi connectivity index (χ0v) is 15.6. The lowest BCUT2D eigenvalue weighted by molar-refractivity contribution is 0.600. The summed E-state index contributed by atoms with van der Waals surface area (Å²) in [6.07, 6.45) is 3.05. The van der Waals surface area contributed by atoms with Crippen LogP contribution in [0.1, 0.15) is 13.3 Å². The van der Waals surface area contributed by atoms with E-state index in [0.29, 0.717) is 5.92 Å².